The molecule has 3 nitrogen and oxygen atoms in total. The van der Waals surface area contributed by atoms with Crippen LogP contribution in [0.4, 0.5) is 13.2 Å². The lowest BCUT2D eigenvalue weighted by molar-refractivity contribution is -0.146. The van der Waals surface area contributed by atoms with E-state index >= 15 is 0 Å². The molecule has 1 N–H and O–H groups in total. The van der Waals surface area contributed by atoms with Crippen molar-refractivity contribution in [1.29, 1.82) is 0 Å². The van der Waals surface area contributed by atoms with Crippen LogP contribution in [0.1, 0.15) is 28.8 Å². The first-order valence-electron chi connectivity index (χ1n) is 6.90. The second-order valence-electron chi connectivity index (χ2n) is 5.04. The first-order valence-corrected chi connectivity index (χ1v) is 6.90. The normalized spacial score (nSPS) is 12.7. The van der Waals surface area contributed by atoms with Crippen LogP contribution in [0.25, 0.3) is 0 Å². The van der Waals surface area contributed by atoms with E-state index in [1.165, 1.54) is 36.4 Å². The van der Waals surface area contributed by atoms with E-state index in [0.717, 1.165) is 6.92 Å². The number of Topliss-reactive ketones (excluding diaryl/α,β-unsaturated/α-hetero) is 1. The summed E-state index contributed by atoms with van der Waals surface area (Å²) in [5, 5.41) is 8.76. The van der Waals surface area contributed by atoms with Crippen molar-refractivity contribution in [2.24, 2.45) is 0 Å². The van der Waals surface area contributed by atoms with Gasteiger partial charge in [-0.15, -0.1) is 0 Å². The molecule has 1 atom stereocenters. The maximum Gasteiger partial charge on any atom is 0.395 e. The fourth-order valence-corrected chi connectivity index (χ4v) is 1.95. The smallest absolute Gasteiger partial charge is 0.395 e. The van der Waals surface area contributed by atoms with Crippen LogP contribution in [0.3, 0.4) is 0 Å². The fourth-order valence-electron chi connectivity index (χ4n) is 1.95. The van der Waals surface area contributed by atoms with E-state index in [-0.39, 0.29) is 5.56 Å². The summed E-state index contributed by atoms with van der Waals surface area (Å²) in [6.07, 6.45) is -4.28. The van der Waals surface area contributed by atoms with Gasteiger partial charge in [0.1, 0.15) is 18.1 Å². The summed E-state index contributed by atoms with van der Waals surface area (Å²) in [6, 6.07) is 11.8. The zero-order valence-corrected chi connectivity index (χ0v) is 12.3. The predicted molar refractivity (Wildman–Crippen MR) is 78.8 cm³/mol. The lowest BCUT2D eigenvalue weighted by Crippen LogP contribution is -2.17. The SMILES string of the molecule is CC(c1ccc(Oc2ccc(C(=O)CO)cc2)cc1)C(F)(F)F. The zero-order valence-electron chi connectivity index (χ0n) is 12.3. The highest BCUT2D eigenvalue weighted by Crippen LogP contribution is 2.35. The largest absolute Gasteiger partial charge is 0.457 e. The minimum atomic E-state index is -4.28. The minimum absolute atomic E-state index is 0.161. The highest BCUT2D eigenvalue weighted by atomic mass is 19.4. The monoisotopic (exact) mass is 324 g/mol. The first-order chi connectivity index (χ1) is 10.8. The van der Waals surface area contributed by atoms with Crippen LogP contribution >= 0.6 is 0 Å². The molecular weight excluding hydrogens is 309 g/mol. The van der Waals surface area contributed by atoms with E-state index in [4.69, 9.17) is 9.84 Å². The molecule has 0 aliphatic carbocycles. The number of rotatable bonds is 5. The van der Waals surface area contributed by atoms with Gasteiger partial charge in [0.05, 0.1) is 5.92 Å². The van der Waals surface area contributed by atoms with E-state index in [2.05, 4.69) is 0 Å². The van der Waals surface area contributed by atoms with Gasteiger partial charge in [-0.2, -0.15) is 13.2 Å². The Morgan fingerprint density at radius 3 is 1.96 bits per heavy atom. The number of carbonyl (C=O) groups excluding carboxylic acids is 1. The quantitative estimate of drug-likeness (QED) is 0.833. The highest BCUT2D eigenvalue weighted by molar-refractivity contribution is 5.96. The molecule has 23 heavy (non-hydrogen) atoms. The molecule has 1 unspecified atom stereocenters. The maximum atomic E-state index is 12.6. The van der Waals surface area contributed by atoms with Gasteiger partial charge in [0.15, 0.2) is 5.78 Å². The van der Waals surface area contributed by atoms with Crippen LogP contribution in [0.2, 0.25) is 0 Å². The number of benzene rings is 2. The van der Waals surface area contributed by atoms with Crippen molar-refractivity contribution in [1.82, 2.24) is 0 Å². The zero-order chi connectivity index (χ0) is 17.0. The van der Waals surface area contributed by atoms with Crippen molar-refractivity contribution in [3.05, 3.63) is 59.7 Å². The number of halogens is 3. The highest BCUT2D eigenvalue weighted by Gasteiger charge is 2.36. The Kier molecular flexibility index (Phi) is 5.05. The average molecular weight is 324 g/mol. The minimum Gasteiger partial charge on any atom is -0.457 e. The number of ether oxygens (including phenoxy) is 1. The molecular formula is C17H15F3O3. The standard InChI is InChI=1S/C17H15F3O3/c1-11(17(18,19)20)12-2-6-14(7-3-12)23-15-8-4-13(5-9-15)16(22)10-21/h2-9,11,21H,10H2,1H3. The van der Waals surface area contributed by atoms with Gasteiger partial charge >= 0.3 is 6.18 Å². The summed E-state index contributed by atoms with van der Waals surface area (Å²) in [7, 11) is 0. The van der Waals surface area contributed by atoms with Gasteiger partial charge in [-0.3, -0.25) is 4.79 Å². The average Bonchev–Trinajstić information content (AvgIpc) is 2.54. The third-order valence-corrected chi connectivity index (χ3v) is 3.43. The van der Waals surface area contributed by atoms with Crippen molar-refractivity contribution in [2.45, 2.75) is 19.0 Å². The Labute approximate surface area is 131 Å². The van der Waals surface area contributed by atoms with Crippen LogP contribution in [-0.4, -0.2) is 23.7 Å². The molecule has 0 aromatic heterocycles. The molecule has 0 saturated heterocycles. The van der Waals surface area contributed by atoms with E-state index in [9.17, 15) is 18.0 Å². The molecule has 0 saturated carbocycles. The lowest BCUT2D eigenvalue weighted by Gasteiger charge is -2.16. The second kappa shape index (κ2) is 6.83. The number of hydrogen-bond acceptors (Lipinski definition) is 3. The Morgan fingerprint density at radius 1 is 1.04 bits per heavy atom. The molecule has 0 fully saturated rings. The van der Waals surface area contributed by atoms with Crippen molar-refractivity contribution in [2.75, 3.05) is 6.61 Å². The summed E-state index contributed by atoms with van der Waals surface area (Å²) in [5.41, 5.74) is 0.517. The van der Waals surface area contributed by atoms with Crippen molar-refractivity contribution in [3.8, 4) is 11.5 Å². The molecule has 0 aliphatic heterocycles. The molecule has 122 valence electrons. The summed E-state index contributed by atoms with van der Waals surface area (Å²) < 4.78 is 43.4. The first kappa shape index (κ1) is 17.0. The van der Waals surface area contributed by atoms with E-state index in [0.29, 0.717) is 17.1 Å². The number of hydrogen-bond donors (Lipinski definition) is 1. The lowest BCUT2D eigenvalue weighted by atomic mass is 10.0. The molecule has 0 radical (unpaired) electrons. The third-order valence-electron chi connectivity index (χ3n) is 3.43. The second-order valence-corrected chi connectivity index (χ2v) is 5.04. The van der Waals surface area contributed by atoms with Crippen LogP contribution in [0, 0.1) is 0 Å². The third kappa shape index (κ3) is 4.32. The van der Waals surface area contributed by atoms with E-state index in [1.54, 1.807) is 12.1 Å². The van der Waals surface area contributed by atoms with Crippen LogP contribution in [-0.2, 0) is 0 Å². The van der Waals surface area contributed by atoms with Gasteiger partial charge < -0.3 is 9.84 Å². The van der Waals surface area contributed by atoms with Crippen molar-refractivity contribution < 1.29 is 27.8 Å². The number of aliphatic hydroxyl groups excluding tert-OH is 1. The molecule has 0 amide bonds. The van der Waals surface area contributed by atoms with Crippen LogP contribution in [0.15, 0.2) is 48.5 Å². The Morgan fingerprint density at radius 2 is 1.52 bits per heavy atom. The number of ketones is 1. The molecule has 2 rings (SSSR count). The molecule has 0 heterocycles. The van der Waals surface area contributed by atoms with Crippen LogP contribution < -0.4 is 4.74 Å². The molecule has 0 bridgehead atoms. The Hall–Kier alpha value is -2.34. The van der Waals surface area contributed by atoms with Gasteiger partial charge in [-0.05, 0) is 48.9 Å². The molecule has 0 aliphatic rings. The Bertz CT molecular complexity index is 661. The summed E-state index contributed by atoms with van der Waals surface area (Å²) >= 11 is 0. The molecule has 0 spiro atoms. The van der Waals surface area contributed by atoms with Crippen molar-refractivity contribution in [3.63, 3.8) is 0 Å². The van der Waals surface area contributed by atoms with Crippen LogP contribution in [0.5, 0.6) is 11.5 Å². The summed E-state index contributed by atoms with van der Waals surface area (Å²) in [6.45, 7) is 0.534. The van der Waals surface area contributed by atoms with Gasteiger partial charge in [0.2, 0.25) is 0 Å². The molecule has 2 aromatic rings. The number of aliphatic hydroxyl groups is 1. The fraction of sp³-hybridized carbons (Fsp3) is 0.235. The van der Waals surface area contributed by atoms with Gasteiger partial charge in [0.25, 0.3) is 0 Å². The summed E-state index contributed by atoms with van der Waals surface area (Å²) in [4.78, 5) is 11.3. The molecule has 2 aromatic carbocycles. The maximum absolute atomic E-state index is 12.6. The predicted octanol–water partition coefficient (Wildman–Crippen LogP) is 4.32. The topological polar surface area (TPSA) is 46.5 Å². The van der Waals surface area contributed by atoms with E-state index < -0.39 is 24.5 Å². The van der Waals surface area contributed by atoms with E-state index in [1.807, 2.05) is 0 Å². The number of alkyl halides is 3. The van der Waals surface area contributed by atoms with Gasteiger partial charge in [0, 0.05) is 5.56 Å². The Balaban J connectivity index is 2.08. The number of carbonyl (C=O) groups is 1. The van der Waals surface area contributed by atoms with Gasteiger partial charge in [-0.25, -0.2) is 0 Å². The molecule has 6 heteroatoms. The van der Waals surface area contributed by atoms with Gasteiger partial charge in [-0.1, -0.05) is 12.1 Å². The summed E-state index contributed by atoms with van der Waals surface area (Å²) in [5.74, 6) is -1.11. The van der Waals surface area contributed by atoms with Crippen molar-refractivity contribution >= 4 is 5.78 Å².